The molecule has 7 heteroatoms. The van der Waals surface area contributed by atoms with Gasteiger partial charge in [0.15, 0.2) is 11.2 Å². The molecule has 0 amide bonds. The van der Waals surface area contributed by atoms with Gasteiger partial charge >= 0.3 is 5.69 Å². The number of aryl methyl sites for hydroxylation is 3. The second kappa shape index (κ2) is 8.41. The molecular formula is C23H25N5O2. The van der Waals surface area contributed by atoms with Gasteiger partial charge in [0.1, 0.15) is 0 Å². The fourth-order valence-electron chi connectivity index (χ4n) is 3.67. The molecule has 0 aliphatic rings. The van der Waals surface area contributed by atoms with Gasteiger partial charge in [-0.1, -0.05) is 60.7 Å². The standard InChI is InChI=1S/C23H25N5O2/c1-16(18-13-7-4-8-14-18)24-22-25-20-19(21(29)26-23(30)27(20)2)28(22)15-9-12-17-10-5-3-6-11-17/h3-8,10-11,13-14,16H,9,12,15H2,1-2H3,(H,24,25)(H,26,29,30)/t16-/m0/s1. The summed E-state index contributed by atoms with van der Waals surface area (Å²) in [6, 6.07) is 20.3. The molecule has 1 atom stereocenters. The van der Waals surface area contributed by atoms with E-state index in [2.05, 4.69) is 27.4 Å². The Labute approximate surface area is 174 Å². The van der Waals surface area contributed by atoms with Crippen molar-refractivity contribution in [3.8, 4) is 0 Å². The molecule has 4 aromatic rings. The van der Waals surface area contributed by atoms with E-state index in [0.717, 1.165) is 18.4 Å². The van der Waals surface area contributed by atoms with Gasteiger partial charge in [-0.2, -0.15) is 4.98 Å². The first-order chi connectivity index (χ1) is 14.5. The lowest BCUT2D eigenvalue weighted by Gasteiger charge is -2.16. The van der Waals surface area contributed by atoms with Crippen LogP contribution in [0.15, 0.2) is 70.3 Å². The predicted octanol–water partition coefficient (Wildman–Crippen LogP) is 3.23. The number of nitrogens with one attached hydrogen (secondary N) is 2. The third-order valence-electron chi connectivity index (χ3n) is 5.34. The maximum atomic E-state index is 12.6. The van der Waals surface area contributed by atoms with E-state index in [1.807, 2.05) is 60.0 Å². The lowest BCUT2D eigenvalue weighted by molar-refractivity contribution is 0.653. The zero-order chi connectivity index (χ0) is 21.1. The Morgan fingerprint density at radius 1 is 1.03 bits per heavy atom. The van der Waals surface area contributed by atoms with Gasteiger partial charge in [0.05, 0.1) is 6.04 Å². The molecule has 0 aliphatic heterocycles. The van der Waals surface area contributed by atoms with Gasteiger partial charge in [0.2, 0.25) is 5.95 Å². The second-order valence-electron chi connectivity index (χ2n) is 7.44. The topological polar surface area (TPSA) is 84.7 Å². The molecule has 7 nitrogen and oxygen atoms in total. The summed E-state index contributed by atoms with van der Waals surface area (Å²) in [4.78, 5) is 31.7. The highest BCUT2D eigenvalue weighted by Crippen LogP contribution is 2.22. The van der Waals surface area contributed by atoms with Crippen LogP contribution in [0.3, 0.4) is 0 Å². The molecule has 0 saturated heterocycles. The van der Waals surface area contributed by atoms with Crippen molar-refractivity contribution in [2.45, 2.75) is 32.4 Å². The quantitative estimate of drug-likeness (QED) is 0.496. The zero-order valence-corrected chi connectivity index (χ0v) is 17.1. The van der Waals surface area contributed by atoms with Gasteiger partial charge in [-0.3, -0.25) is 14.3 Å². The largest absolute Gasteiger partial charge is 0.349 e. The molecule has 2 N–H and O–H groups in total. The average molecular weight is 403 g/mol. The summed E-state index contributed by atoms with van der Waals surface area (Å²) in [5.74, 6) is 0.584. The van der Waals surface area contributed by atoms with Gasteiger partial charge in [0.25, 0.3) is 5.56 Å². The van der Waals surface area contributed by atoms with E-state index >= 15 is 0 Å². The summed E-state index contributed by atoms with van der Waals surface area (Å²) in [7, 11) is 1.62. The highest BCUT2D eigenvalue weighted by atomic mass is 16.2. The van der Waals surface area contributed by atoms with Gasteiger partial charge in [0, 0.05) is 13.6 Å². The van der Waals surface area contributed by atoms with Crippen LogP contribution in [-0.4, -0.2) is 19.1 Å². The third kappa shape index (κ3) is 3.91. The number of H-pyrrole nitrogens is 1. The average Bonchev–Trinajstić information content (AvgIpc) is 3.12. The Morgan fingerprint density at radius 3 is 2.40 bits per heavy atom. The van der Waals surface area contributed by atoms with E-state index < -0.39 is 11.2 Å². The van der Waals surface area contributed by atoms with Crippen LogP contribution < -0.4 is 16.6 Å². The number of imidazole rings is 1. The summed E-state index contributed by atoms with van der Waals surface area (Å²) >= 11 is 0. The van der Waals surface area contributed by atoms with Crippen LogP contribution in [0.5, 0.6) is 0 Å². The van der Waals surface area contributed by atoms with Crippen LogP contribution in [0.2, 0.25) is 0 Å². The van der Waals surface area contributed by atoms with Gasteiger partial charge in [-0.25, -0.2) is 4.79 Å². The minimum Gasteiger partial charge on any atom is -0.349 e. The second-order valence-corrected chi connectivity index (χ2v) is 7.44. The number of anilines is 1. The molecule has 0 aliphatic carbocycles. The van der Waals surface area contributed by atoms with Gasteiger partial charge in [-0.15, -0.1) is 0 Å². The first kappa shape index (κ1) is 19.7. The van der Waals surface area contributed by atoms with Crippen molar-refractivity contribution in [1.82, 2.24) is 19.1 Å². The number of fused-ring (bicyclic) bond motifs is 1. The summed E-state index contributed by atoms with van der Waals surface area (Å²) in [5.41, 5.74) is 2.27. The van der Waals surface area contributed by atoms with Gasteiger partial charge < -0.3 is 9.88 Å². The number of hydrogen-bond donors (Lipinski definition) is 2. The fraction of sp³-hybridized carbons (Fsp3) is 0.261. The number of hydrogen-bond acceptors (Lipinski definition) is 4. The van der Waals surface area contributed by atoms with Crippen LogP contribution in [0.1, 0.15) is 30.5 Å². The van der Waals surface area contributed by atoms with Crippen molar-refractivity contribution in [2.24, 2.45) is 7.05 Å². The van der Waals surface area contributed by atoms with Crippen molar-refractivity contribution < 1.29 is 0 Å². The monoisotopic (exact) mass is 403 g/mol. The molecule has 0 saturated carbocycles. The number of rotatable bonds is 7. The first-order valence-electron chi connectivity index (χ1n) is 10.1. The molecule has 0 fully saturated rings. The SMILES string of the molecule is C[C@H](Nc1nc2c(c(=O)[nH]c(=O)n2C)n1CCCc1ccccc1)c1ccccc1. The van der Waals surface area contributed by atoms with Crippen LogP contribution in [0.4, 0.5) is 5.95 Å². The molecule has 0 unspecified atom stereocenters. The molecular weight excluding hydrogens is 378 g/mol. The zero-order valence-electron chi connectivity index (χ0n) is 17.1. The van der Waals surface area contributed by atoms with Crippen LogP contribution in [0, 0.1) is 0 Å². The normalized spacial score (nSPS) is 12.2. The summed E-state index contributed by atoms with van der Waals surface area (Å²) in [6.07, 6.45) is 1.73. The molecule has 2 heterocycles. The Bertz CT molecular complexity index is 1260. The van der Waals surface area contributed by atoms with Crippen molar-refractivity contribution in [3.63, 3.8) is 0 Å². The molecule has 30 heavy (non-hydrogen) atoms. The highest BCUT2D eigenvalue weighted by Gasteiger charge is 2.18. The number of aromatic amines is 1. The molecule has 154 valence electrons. The highest BCUT2D eigenvalue weighted by molar-refractivity contribution is 5.74. The Kier molecular flexibility index (Phi) is 5.52. The Hall–Kier alpha value is -3.61. The van der Waals surface area contributed by atoms with Crippen LogP contribution in [-0.2, 0) is 20.0 Å². The van der Waals surface area contributed by atoms with E-state index in [9.17, 15) is 9.59 Å². The predicted molar refractivity (Wildman–Crippen MR) is 119 cm³/mol. The molecule has 0 spiro atoms. The smallest absolute Gasteiger partial charge is 0.329 e. The maximum Gasteiger partial charge on any atom is 0.329 e. The Morgan fingerprint density at radius 2 is 1.70 bits per heavy atom. The lowest BCUT2D eigenvalue weighted by atomic mass is 10.1. The van der Waals surface area contributed by atoms with Crippen molar-refractivity contribution in [3.05, 3.63) is 92.6 Å². The fourth-order valence-corrected chi connectivity index (χ4v) is 3.67. The Balaban J connectivity index is 1.69. The minimum atomic E-state index is -0.468. The van der Waals surface area contributed by atoms with Crippen molar-refractivity contribution >= 4 is 17.1 Å². The van der Waals surface area contributed by atoms with Gasteiger partial charge in [-0.05, 0) is 30.9 Å². The van der Waals surface area contributed by atoms with E-state index in [1.54, 1.807) is 7.05 Å². The van der Waals surface area contributed by atoms with E-state index in [1.165, 1.54) is 10.1 Å². The maximum absolute atomic E-state index is 12.6. The lowest BCUT2D eigenvalue weighted by Crippen LogP contribution is -2.29. The summed E-state index contributed by atoms with van der Waals surface area (Å²) in [6.45, 7) is 2.66. The minimum absolute atomic E-state index is 0.00741. The molecule has 0 bridgehead atoms. The summed E-state index contributed by atoms with van der Waals surface area (Å²) in [5, 5.41) is 3.42. The number of aromatic nitrogens is 4. The van der Waals surface area contributed by atoms with Crippen molar-refractivity contribution in [2.75, 3.05) is 5.32 Å². The van der Waals surface area contributed by atoms with Crippen LogP contribution >= 0.6 is 0 Å². The van der Waals surface area contributed by atoms with Crippen LogP contribution in [0.25, 0.3) is 11.2 Å². The molecule has 4 rings (SSSR count). The molecule has 2 aromatic carbocycles. The summed E-state index contributed by atoms with van der Waals surface area (Å²) < 4.78 is 3.26. The first-order valence-corrected chi connectivity index (χ1v) is 10.1. The molecule has 0 radical (unpaired) electrons. The third-order valence-corrected chi connectivity index (χ3v) is 5.34. The number of benzene rings is 2. The van der Waals surface area contributed by atoms with E-state index in [-0.39, 0.29) is 6.04 Å². The van der Waals surface area contributed by atoms with Crippen molar-refractivity contribution in [1.29, 1.82) is 0 Å². The van der Waals surface area contributed by atoms with E-state index in [0.29, 0.717) is 23.7 Å². The molecule has 2 aromatic heterocycles. The number of nitrogens with zero attached hydrogens (tertiary/aromatic N) is 3. The van der Waals surface area contributed by atoms with E-state index in [4.69, 9.17) is 0 Å².